The number of rotatable bonds is 7. The Morgan fingerprint density at radius 2 is 1.96 bits per heavy atom. The van der Waals surface area contributed by atoms with Crippen molar-refractivity contribution in [2.75, 3.05) is 11.1 Å². The summed E-state index contributed by atoms with van der Waals surface area (Å²) in [6.45, 7) is 5.47. The normalized spacial score (nSPS) is 11.5. The molecule has 0 spiro atoms. The Labute approximate surface area is 140 Å². The highest BCUT2D eigenvalue weighted by molar-refractivity contribution is 7.91. The Morgan fingerprint density at radius 1 is 1.29 bits per heavy atom. The molecule has 8 heteroatoms. The van der Waals surface area contributed by atoms with Gasteiger partial charge in [-0.15, -0.1) is 0 Å². The summed E-state index contributed by atoms with van der Waals surface area (Å²) >= 11 is 0. The van der Waals surface area contributed by atoms with E-state index in [0.717, 1.165) is 0 Å². The second-order valence-electron chi connectivity index (χ2n) is 5.58. The highest BCUT2D eigenvalue weighted by Crippen LogP contribution is 2.19. The molecule has 7 nitrogen and oxygen atoms in total. The molecule has 0 saturated carbocycles. The number of aryl methyl sites for hydroxylation is 1. The van der Waals surface area contributed by atoms with E-state index in [1.165, 1.54) is 12.1 Å². The van der Waals surface area contributed by atoms with Crippen LogP contribution in [0.5, 0.6) is 5.75 Å². The molecule has 1 amide bonds. The maximum atomic E-state index is 12.3. The molecule has 1 N–H and O–H groups in total. The fraction of sp³-hybridized carbons (Fsp3) is 0.375. The lowest BCUT2D eigenvalue weighted by Gasteiger charge is -2.10. The number of anilines is 1. The zero-order valence-electron chi connectivity index (χ0n) is 13.8. The van der Waals surface area contributed by atoms with Gasteiger partial charge in [0.1, 0.15) is 11.5 Å². The van der Waals surface area contributed by atoms with E-state index in [9.17, 15) is 13.2 Å². The Hall–Kier alpha value is -2.35. The van der Waals surface area contributed by atoms with Crippen molar-refractivity contribution in [2.24, 2.45) is 0 Å². The molecule has 2 rings (SSSR count). The quantitative estimate of drug-likeness (QED) is 0.822. The Bertz CT molecular complexity index is 794. The van der Waals surface area contributed by atoms with Gasteiger partial charge < -0.3 is 14.6 Å². The molecule has 0 unspecified atom stereocenters. The maximum Gasteiger partial charge on any atom is 0.226 e. The van der Waals surface area contributed by atoms with Crippen molar-refractivity contribution in [1.82, 2.24) is 5.16 Å². The molecule has 24 heavy (non-hydrogen) atoms. The minimum Gasteiger partial charge on any atom is -0.491 e. The first kappa shape index (κ1) is 18.0. The van der Waals surface area contributed by atoms with Crippen LogP contribution >= 0.6 is 0 Å². The van der Waals surface area contributed by atoms with Crippen molar-refractivity contribution < 1.29 is 22.5 Å². The second-order valence-corrected chi connectivity index (χ2v) is 7.69. The average molecular weight is 352 g/mol. The van der Waals surface area contributed by atoms with Gasteiger partial charge in [0.15, 0.2) is 15.7 Å². The van der Waals surface area contributed by atoms with Gasteiger partial charge in [0, 0.05) is 12.5 Å². The van der Waals surface area contributed by atoms with Gasteiger partial charge >= 0.3 is 0 Å². The molecule has 1 aromatic carbocycles. The van der Waals surface area contributed by atoms with Crippen molar-refractivity contribution >= 4 is 21.6 Å². The summed E-state index contributed by atoms with van der Waals surface area (Å²) in [6.07, 6.45) is -0.158. The molecule has 1 aromatic heterocycles. The number of carbonyl (C=O) groups excluding carboxylic acids is 1. The van der Waals surface area contributed by atoms with E-state index in [4.69, 9.17) is 9.26 Å². The summed E-state index contributed by atoms with van der Waals surface area (Å²) in [5.74, 6) is 0.696. The van der Waals surface area contributed by atoms with Gasteiger partial charge in [0.25, 0.3) is 0 Å². The summed E-state index contributed by atoms with van der Waals surface area (Å²) in [5, 5.41) is 6.11. The van der Waals surface area contributed by atoms with Gasteiger partial charge in [-0.2, -0.15) is 0 Å². The van der Waals surface area contributed by atoms with Crippen LogP contribution in [0.4, 0.5) is 5.82 Å². The summed E-state index contributed by atoms with van der Waals surface area (Å²) in [6, 6.07) is 7.72. The fourth-order valence-electron chi connectivity index (χ4n) is 1.97. The van der Waals surface area contributed by atoms with E-state index < -0.39 is 15.7 Å². The first-order chi connectivity index (χ1) is 11.3. The highest BCUT2D eigenvalue weighted by Gasteiger charge is 2.17. The van der Waals surface area contributed by atoms with Crippen LogP contribution in [0.2, 0.25) is 0 Å². The van der Waals surface area contributed by atoms with Gasteiger partial charge in [0.2, 0.25) is 5.91 Å². The molecule has 0 bridgehead atoms. The third-order valence-corrected chi connectivity index (χ3v) is 4.78. The van der Waals surface area contributed by atoms with E-state index >= 15 is 0 Å². The number of hydrogen-bond acceptors (Lipinski definition) is 6. The number of aromatic nitrogens is 1. The van der Waals surface area contributed by atoms with E-state index in [1.807, 2.05) is 13.8 Å². The third-order valence-electron chi connectivity index (χ3n) is 3.05. The topological polar surface area (TPSA) is 98.5 Å². The monoisotopic (exact) mass is 352 g/mol. The summed E-state index contributed by atoms with van der Waals surface area (Å²) in [5.41, 5.74) is 0. The lowest BCUT2D eigenvalue weighted by atomic mass is 10.3. The van der Waals surface area contributed by atoms with Crippen LogP contribution in [0.1, 0.15) is 26.0 Å². The van der Waals surface area contributed by atoms with Gasteiger partial charge in [-0.3, -0.25) is 4.79 Å². The largest absolute Gasteiger partial charge is 0.491 e. The molecule has 0 radical (unpaired) electrons. The predicted molar refractivity (Wildman–Crippen MR) is 88.7 cm³/mol. The average Bonchev–Trinajstić information content (AvgIpc) is 2.90. The number of nitrogens with one attached hydrogen (secondary N) is 1. The summed E-state index contributed by atoms with van der Waals surface area (Å²) < 4.78 is 34.8. The highest BCUT2D eigenvalue weighted by atomic mass is 32.2. The van der Waals surface area contributed by atoms with Crippen molar-refractivity contribution in [3.05, 3.63) is 36.1 Å². The van der Waals surface area contributed by atoms with Crippen LogP contribution in [0.15, 0.2) is 39.8 Å². The van der Waals surface area contributed by atoms with E-state index in [-0.39, 0.29) is 29.0 Å². The van der Waals surface area contributed by atoms with E-state index in [1.54, 1.807) is 25.1 Å². The molecule has 1 heterocycles. The first-order valence-corrected chi connectivity index (χ1v) is 9.14. The van der Waals surface area contributed by atoms with Gasteiger partial charge in [0.05, 0.1) is 16.8 Å². The van der Waals surface area contributed by atoms with Crippen molar-refractivity contribution in [3.63, 3.8) is 0 Å². The lowest BCUT2D eigenvalue weighted by molar-refractivity contribution is -0.115. The number of hydrogen-bond donors (Lipinski definition) is 1. The zero-order valence-corrected chi connectivity index (χ0v) is 14.6. The first-order valence-electron chi connectivity index (χ1n) is 7.49. The number of amides is 1. The van der Waals surface area contributed by atoms with Crippen LogP contribution in [0.25, 0.3) is 0 Å². The molecule has 0 aliphatic carbocycles. The van der Waals surface area contributed by atoms with Crippen molar-refractivity contribution in [2.45, 2.75) is 38.2 Å². The van der Waals surface area contributed by atoms with Crippen molar-refractivity contribution in [3.8, 4) is 5.75 Å². The number of benzene rings is 1. The Balaban J connectivity index is 1.94. The number of nitrogens with zero attached hydrogens (tertiary/aromatic N) is 1. The molecule has 0 aliphatic heterocycles. The minimum atomic E-state index is -3.55. The van der Waals surface area contributed by atoms with Crippen LogP contribution in [0.3, 0.4) is 0 Å². The second kappa shape index (κ2) is 7.48. The summed E-state index contributed by atoms with van der Waals surface area (Å²) in [4.78, 5) is 12.0. The molecule has 0 fully saturated rings. The van der Waals surface area contributed by atoms with E-state index in [0.29, 0.717) is 11.5 Å². The SMILES string of the molecule is Cc1cc(NC(=O)CCS(=O)(=O)c2ccc(OC(C)C)cc2)no1. The minimum absolute atomic E-state index is 0.0105. The molecule has 0 aliphatic rings. The summed E-state index contributed by atoms with van der Waals surface area (Å²) in [7, 11) is -3.55. The molecule has 0 saturated heterocycles. The maximum absolute atomic E-state index is 12.3. The van der Waals surface area contributed by atoms with Crippen molar-refractivity contribution in [1.29, 1.82) is 0 Å². The smallest absolute Gasteiger partial charge is 0.226 e. The number of ether oxygens (including phenoxy) is 1. The fourth-order valence-corrected chi connectivity index (χ4v) is 3.21. The van der Waals surface area contributed by atoms with E-state index in [2.05, 4.69) is 10.5 Å². The Kier molecular flexibility index (Phi) is 5.61. The van der Waals surface area contributed by atoms with Crippen LogP contribution < -0.4 is 10.1 Å². The van der Waals surface area contributed by atoms with Crippen LogP contribution in [-0.2, 0) is 14.6 Å². The third kappa shape index (κ3) is 5.09. The van der Waals surface area contributed by atoms with Gasteiger partial charge in [-0.25, -0.2) is 8.42 Å². The predicted octanol–water partition coefficient (Wildman–Crippen LogP) is 2.57. The number of carbonyl (C=O) groups is 1. The molecular weight excluding hydrogens is 332 g/mol. The lowest BCUT2D eigenvalue weighted by Crippen LogP contribution is -2.17. The van der Waals surface area contributed by atoms with Gasteiger partial charge in [-0.05, 0) is 45.0 Å². The molecule has 0 atom stereocenters. The standard InChI is InChI=1S/C16H20N2O5S/c1-11(2)22-13-4-6-14(7-5-13)24(20,21)9-8-16(19)17-15-10-12(3)23-18-15/h4-7,10-11H,8-9H2,1-3H3,(H,17,18,19). The molecule has 2 aromatic rings. The van der Waals surface area contributed by atoms with Crippen LogP contribution in [0, 0.1) is 6.92 Å². The molecular formula is C16H20N2O5S. The van der Waals surface area contributed by atoms with Crippen LogP contribution in [-0.4, -0.2) is 31.3 Å². The Morgan fingerprint density at radius 3 is 2.50 bits per heavy atom. The molecule has 130 valence electrons. The zero-order chi connectivity index (χ0) is 17.7. The van der Waals surface area contributed by atoms with Gasteiger partial charge in [-0.1, -0.05) is 5.16 Å². The number of sulfone groups is 1.